The molecule has 11 heteroatoms. The van der Waals surface area contributed by atoms with E-state index in [0.29, 0.717) is 37.9 Å². The molecule has 0 aliphatic heterocycles. The fraction of sp³-hybridized carbons (Fsp3) is 0.238. The summed E-state index contributed by atoms with van der Waals surface area (Å²) < 4.78 is 70.2. The second kappa shape index (κ2) is 9.37. The van der Waals surface area contributed by atoms with Crippen molar-refractivity contribution < 1.29 is 36.4 Å². The molecule has 170 valence electrons. The predicted octanol–water partition coefficient (Wildman–Crippen LogP) is 5.36. The number of hydrogen-bond acceptors (Lipinski definition) is 5. The zero-order valence-corrected chi connectivity index (χ0v) is 18.5. The lowest BCUT2D eigenvalue weighted by Gasteiger charge is -2.09. The molecule has 2 aromatic carbocycles. The number of alkyl halides is 3. The Balaban J connectivity index is 1.78. The number of thiazole rings is 1. The molecule has 3 aromatic rings. The van der Waals surface area contributed by atoms with Crippen LogP contribution < -0.4 is 4.74 Å². The van der Waals surface area contributed by atoms with E-state index in [2.05, 4.69) is 4.98 Å². The van der Waals surface area contributed by atoms with Crippen LogP contribution in [0.25, 0.3) is 10.6 Å². The summed E-state index contributed by atoms with van der Waals surface area (Å²) in [6, 6.07) is 7.38. The first-order chi connectivity index (χ1) is 15.0. The van der Waals surface area contributed by atoms with Gasteiger partial charge in [0.1, 0.15) is 16.6 Å². The molecule has 0 spiro atoms. The first-order valence-electron chi connectivity index (χ1n) is 9.12. The summed E-state index contributed by atoms with van der Waals surface area (Å²) in [6.07, 6.45) is -4.78. The van der Waals surface area contributed by atoms with Gasteiger partial charge in [-0.05, 0) is 49.7 Å². The number of carbonyl (C=O) groups is 1. The van der Waals surface area contributed by atoms with E-state index >= 15 is 0 Å². The average Bonchev–Trinajstić information content (AvgIpc) is 3.06. The van der Waals surface area contributed by atoms with Crippen LogP contribution in [0.3, 0.4) is 0 Å². The van der Waals surface area contributed by atoms with Crippen LogP contribution in [0.15, 0.2) is 41.3 Å². The average molecular weight is 487 g/mol. The highest BCUT2D eigenvalue weighted by Crippen LogP contribution is 2.35. The first kappa shape index (κ1) is 23.9. The first-order valence-corrected chi connectivity index (χ1v) is 11.3. The van der Waals surface area contributed by atoms with Crippen molar-refractivity contribution in [3.8, 4) is 16.3 Å². The molecule has 5 nitrogen and oxygen atoms in total. The van der Waals surface area contributed by atoms with Crippen LogP contribution in [0.4, 0.5) is 17.6 Å². The molecule has 32 heavy (non-hydrogen) atoms. The molecule has 0 aliphatic carbocycles. The van der Waals surface area contributed by atoms with Crippen molar-refractivity contribution in [1.29, 1.82) is 0 Å². The molecule has 1 N–H and O–H groups in total. The van der Waals surface area contributed by atoms with Gasteiger partial charge < -0.3 is 9.84 Å². The van der Waals surface area contributed by atoms with Crippen molar-refractivity contribution in [2.75, 3.05) is 6.61 Å². The number of aryl methyl sites for hydroxylation is 2. The van der Waals surface area contributed by atoms with Crippen LogP contribution in [-0.2, 0) is 27.5 Å². The molecular weight excluding hydrogens is 470 g/mol. The van der Waals surface area contributed by atoms with Crippen molar-refractivity contribution in [1.82, 2.24) is 4.98 Å². The van der Waals surface area contributed by atoms with E-state index in [4.69, 9.17) is 9.84 Å². The summed E-state index contributed by atoms with van der Waals surface area (Å²) in [6.45, 7) is 2.89. The Morgan fingerprint density at radius 1 is 1.19 bits per heavy atom. The van der Waals surface area contributed by atoms with Crippen molar-refractivity contribution >= 4 is 28.1 Å². The smallest absolute Gasteiger partial charge is 0.419 e. The number of rotatable bonds is 7. The Labute approximate surface area is 187 Å². The number of carboxylic acid groups (broad SMARTS) is 1. The molecule has 1 atom stereocenters. The maximum Gasteiger partial charge on any atom is 0.419 e. The predicted molar refractivity (Wildman–Crippen MR) is 112 cm³/mol. The summed E-state index contributed by atoms with van der Waals surface area (Å²) in [5, 5.41) is 9.03. The lowest BCUT2D eigenvalue weighted by molar-refractivity contribution is -0.140. The van der Waals surface area contributed by atoms with Gasteiger partial charge in [-0.2, -0.15) is 13.2 Å². The summed E-state index contributed by atoms with van der Waals surface area (Å²) in [4.78, 5) is 16.1. The zero-order valence-electron chi connectivity index (χ0n) is 16.8. The molecule has 0 aliphatic rings. The number of ether oxygens (including phenoxy) is 1. The monoisotopic (exact) mass is 487 g/mol. The van der Waals surface area contributed by atoms with E-state index in [1.54, 1.807) is 32.0 Å². The van der Waals surface area contributed by atoms with Crippen molar-refractivity contribution in [2.45, 2.75) is 30.7 Å². The minimum Gasteiger partial charge on any atom is -0.482 e. The Kier molecular flexibility index (Phi) is 6.99. The molecule has 0 fully saturated rings. The minimum absolute atomic E-state index is 0.112. The van der Waals surface area contributed by atoms with Crippen molar-refractivity contribution in [3.63, 3.8) is 0 Å². The molecule has 0 saturated heterocycles. The molecule has 0 saturated carbocycles. The topological polar surface area (TPSA) is 76.5 Å². The maximum absolute atomic E-state index is 13.9. The van der Waals surface area contributed by atoms with Gasteiger partial charge in [0.15, 0.2) is 6.61 Å². The number of nitrogens with zero attached hydrogens (tertiary/aromatic N) is 1. The highest BCUT2D eigenvalue weighted by molar-refractivity contribution is 7.84. The fourth-order valence-electron chi connectivity index (χ4n) is 2.83. The number of aromatic nitrogens is 1. The molecule has 1 unspecified atom stereocenters. The van der Waals surface area contributed by atoms with Crippen LogP contribution in [0, 0.1) is 19.7 Å². The van der Waals surface area contributed by atoms with Crippen LogP contribution in [-0.4, -0.2) is 26.9 Å². The van der Waals surface area contributed by atoms with Crippen LogP contribution in [0.5, 0.6) is 5.75 Å². The van der Waals surface area contributed by atoms with Gasteiger partial charge in [0, 0.05) is 15.3 Å². The third kappa shape index (κ3) is 5.52. The van der Waals surface area contributed by atoms with E-state index < -0.39 is 40.9 Å². The quantitative estimate of drug-likeness (QED) is 0.455. The van der Waals surface area contributed by atoms with Gasteiger partial charge in [-0.25, -0.2) is 14.2 Å². The highest BCUT2D eigenvalue weighted by atomic mass is 32.2. The third-order valence-electron chi connectivity index (χ3n) is 4.44. The molecule has 1 heterocycles. The van der Waals surface area contributed by atoms with Gasteiger partial charge in [-0.3, -0.25) is 4.21 Å². The number of carboxylic acids is 1. The van der Waals surface area contributed by atoms with E-state index in [9.17, 15) is 26.6 Å². The molecule has 3 rings (SSSR count). The summed E-state index contributed by atoms with van der Waals surface area (Å²) in [5.74, 6) is -2.01. The number of aliphatic carboxylic acids is 1. The fourth-order valence-corrected chi connectivity index (χ4v) is 5.38. The number of hydrogen-bond donors (Lipinski definition) is 1. The normalized spacial score (nSPS) is 12.6. The number of halogens is 4. The Morgan fingerprint density at radius 3 is 2.50 bits per heavy atom. The van der Waals surface area contributed by atoms with Gasteiger partial charge in [0.05, 0.1) is 27.8 Å². The third-order valence-corrected chi connectivity index (χ3v) is 7.16. The van der Waals surface area contributed by atoms with Gasteiger partial charge >= 0.3 is 12.1 Å². The molecule has 0 radical (unpaired) electrons. The van der Waals surface area contributed by atoms with Crippen molar-refractivity contribution in [2.24, 2.45) is 0 Å². The van der Waals surface area contributed by atoms with Crippen molar-refractivity contribution in [3.05, 3.63) is 63.9 Å². The van der Waals surface area contributed by atoms with Gasteiger partial charge in [-0.15, -0.1) is 11.3 Å². The Hall–Kier alpha value is -2.79. The standard InChI is InChI=1S/C21H17F4NO4S2/c1-11-7-14(4-6-17(11)30-9-19(27)28)32(29)10-18-12(2)26-20(31-18)13-3-5-15(16(22)8-13)21(23,24)25/h3-8H,9-10H2,1-2H3,(H,27,28). The van der Waals surface area contributed by atoms with Gasteiger partial charge in [-0.1, -0.05) is 6.07 Å². The van der Waals surface area contributed by atoms with E-state index in [1.165, 1.54) is 0 Å². The molecular formula is C21H17F4NO4S2. The molecule has 1 aromatic heterocycles. The summed E-state index contributed by atoms with van der Waals surface area (Å²) >= 11 is 1.13. The summed E-state index contributed by atoms with van der Waals surface area (Å²) in [5.41, 5.74) is 0.0363. The van der Waals surface area contributed by atoms with E-state index in [0.717, 1.165) is 23.5 Å². The Bertz CT molecular complexity index is 1190. The van der Waals surface area contributed by atoms with Crippen LogP contribution >= 0.6 is 11.3 Å². The minimum atomic E-state index is -4.78. The zero-order chi connectivity index (χ0) is 23.6. The van der Waals surface area contributed by atoms with E-state index in [1.807, 2.05) is 0 Å². The Morgan fingerprint density at radius 2 is 1.91 bits per heavy atom. The second-order valence-electron chi connectivity index (χ2n) is 6.82. The SMILES string of the molecule is Cc1cc(S(=O)Cc2sc(-c3ccc(C(F)(F)F)c(F)c3)nc2C)ccc1OCC(=O)O. The highest BCUT2D eigenvalue weighted by Gasteiger charge is 2.34. The van der Waals surface area contributed by atoms with E-state index in [-0.39, 0.29) is 11.3 Å². The largest absolute Gasteiger partial charge is 0.482 e. The van der Waals surface area contributed by atoms with Gasteiger partial charge in [0.25, 0.3) is 0 Å². The van der Waals surface area contributed by atoms with Gasteiger partial charge in [0.2, 0.25) is 0 Å². The van der Waals surface area contributed by atoms with Crippen LogP contribution in [0.1, 0.15) is 21.7 Å². The maximum atomic E-state index is 13.9. The summed E-state index contributed by atoms with van der Waals surface area (Å²) in [7, 11) is -1.46. The lowest BCUT2D eigenvalue weighted by atomic mass is 10.1. The lowest BCUT2D eigenvalue weighted by Crippen LogP contribution is -2.10. The molecule has 0 bridgehead atoms. The van der Waals surface area contributed by atoms with Crippen LogP contribution in [0.2, 0.25) is 0 Å². The number of benzene rings is 2. The second-order valence-corrected chi connectivity index (χ2v) is 9.35. The molecule has 0 amide bonds.